The number of anilines is 1. The predicted octanol–water partition coefficient (Wildman–Crippen LogP) is 3.85. The van der Waals surface area contributed by atoms with Gasteiger partial charge in [0.25, 0.3) is 5.91 Å². The summed E-state index contributed by atoms with van der Waals surface area (Å²) < 4.78 is 55.2. The fourth-order valence-corrected chi connectivity index (χ4v) is 3.07. The van der Waals surface area contributed by atoms with Gasteiger partial charge in [-0.25, -0.2) is 8.42 Å². The summed E-state index contributed by atoms with van der Waals surface area (Å²) in [6.45, 7) is 1.46. The lowest BCUT2D eigenvalue weighted by atomic mass is 10.3. The van der Waals surface area contributed by atoms with Gasteiger partial charge >= 0.3 is 5.76 Å². The van der Waals surface area contributed by atoms with Crippen LogP contribution in [0.3, 0.4) is 0 Å². The third-order valence-corrected chi connectivity index (χ3v) is 5.15. The second-order valence-corrected chi connectivity index (χ2v) is 7.81. The van der Waals surface area contributed by atoms with Crippen LogP contribution < -0.4 is 10.1 Å². The van der Waals surface area contributed by atoms with E-state index < -0.39 is 32.5 Å². The van der Waals surface area contributed by atoms with Crippen LogP contribution in [0.25, 0.3) is 0 Å². The summed E-state index contributed by atoms with van der Waals surface area (Å²) in [6, 6.07) is 11.7. The molecule has 2 aromatic rings. The molecule has 1 amide bonds. The minimum absolute atomic E-state index is 0.223. The average molecular weight is 434 g/mol. The van der Waals surface area contributed by atoms with Gasteiger partial charge in [0.2, 0.25) is 9.84 Å². The largest absolute Gasteiger partial charge is 0.481 e. The zero-order valence-electron chi connectivity index (χ0n) is 12.9. The van der Waals surface area contributed by atoms with Gasteiger partial charge in [-0.2, -0.15) is 8.78 Å². The van der Waals surface area contributed by atoms with Crippen LogP contribution in [-0.4, -0.2) is 26.2 Å². The molecular formula is C16H14BrF2NO4S. The monoisotopic (exact) mass is 433 g/mol. The number of nitrogens with one attached hydrogen (secondary N) is 1. The van der Waals surface area contributed by atoms with Crippen molar-refractivity contribution < 1.29 is 26.7 Å². The number of ether oxygens (including phenoxy) is 1. The lowest BCUT2D eigenvalue weighted by Crippen LogP contribution is -2.31. The Hall–Kier alpha value is -2.00. The number of benzene rings is 2. The molecule has 0 aliphatic heterocycles. The van der Waals surface area contributed by atoms with Crippen molar-refractivity contribution in [1.82, 2.24) is 0 Å². The maximum Gasteiger partial charge on any atom is 0.341 e. The van der Waals surface area contributed by atoms with Crippen molar-refractivity contribution in [2.45, 2.75) is 23.7 Å². The quantitative estimate of drug-likeness (QED) is 0.750. The maximum absolute atomic E-state index is 12.8. The number of rotatable bonds is 6. The van der Waals surface area contributed by atoms with Crippen LogP contribution in [0, 0.1) is 0 Å². The molecule has 0 aliphatic carbocycles. The fraction of sp³-hybridized carbons (Fsp3) is 0.188. The topological polar surface area (TPSA) is 72.5 Å². The highest BCUT2D eigenvalue weighted by atomic mass is 79.9. The number of halogens is 3. The van der Waals surface area contributed by atoms with Crippen LogP contribution in [0.4, 0.5) is 14.5 Å². The number of hydrogen-bond donors (Lipinski definition) is 1. The van der Waals surface area contributed by atoms with Gasteiger partial charge in [-0.3, -0.25) is 4.79 Å². The van der Waals surface area contributed by atoms with E-state index in [1.807, 2.05) is 0 Å². The van der Waals surface area contributed by atoms with E-state index in [1.54, 1.807) is 24.3 Å². The highest BCUT2D eigenvalue weighted by Gasteiger charge is 2.30. The molecule has 0 saturated carbocycles. The molecule has 2 aromatic carbocycles. The van der Waals surface area contributed by atoms with Crippen molar-refractivity contribution in [1.29, 1.82) is 0 Å². The van der Waals surface area contributed by atoms with Gasteiger partial charge in [0.1, 0.15) is 5.75 Å². The summed E-state index contributed by atoms with van der Waals surface area (Å²) in [5, 5.41) is 2.32. The minimum atomic E-state index is -4.84. The molecule has 0 aliphatic rings. The molecule has 0 radical (unpaired) electrons. The number of sulfone groups is 1. The molecule has 0 heterocycles. The van der Waals surface area contributed by atoms with E-state index in [-0.39, 0.29) is 5.69 Å². The van der Waals surface area contributed by atoms with Gasteiger partial charge < -0.3 is 10.1 Å². The first kappa shape index (κ1) is 19.3. The molecule has 5 nitrogen and oxygen atoms in total. The summed E-state index contributed by atoms with van der Waals surface area (Å²) in [5.74, 6) is -3.82. The standard InChI is InChI=1S/C16H14BrF2NO4S/c1-10(24-12-8-6-11(17)7-9-12)15(21)20-13-4-2-3-5-14(13)25(22,23)16(18)19/h2-10,16H,1H3,(H,20,21)/t10-/m0/s1. The van der Waals surface area contributed by atoms with Gasteiger partial charge in [0.15, 0.2) is 6.10 Å². The third kappa shape index (κ3) is 4.76. The van der Waals surface area contributed by atoms with E-state index in [4.69, 9.17) is 4.74 Å². The van der Waals surface area contributed by atoms with E-state index in [0.29, 0.717) is 5.75 Å². The molecular weight excluding hydrogens is 420 g/mol. The first-order chi connectivity index (χ1) is 11.7. The SMILES string of the molecule is C[C@H](Oc1ccc(Br)cc1)C(=O)Nc1ccccc1S(=O)(=O)C(F)F. The van der Waals surface area contributed by atoms with E-state index in [0.717, 1.165) is 10.5 Å². The Bertz CT molecular complexity index is 857. The van der Waals surface area contributed by atoms with Crippen LogP contribution in [0.15, 0.2) is 57.9 Å². The van der Waals surface area contributed by atoms with Crippen LogP contribution in [0.2, 0.25) is 0 Å². The molecule has 1 N–H and O–H groups in total. The first-order valence-corrected chi connectivity index (χ1v) is 9.40. The summed E-state index contributed by atoms with van der Waals surface area (Å²) in [5.41, 5.74) is -0.223. The molecule has 0 fully saturated rings. The van der Waals surface area contributed by atoms with Crippen LogP contribution >= 0.6 is 15.9 Å². The van der Waals surface area contributed by atoms with Crippen LogP contribution in [-0.2, 0) is 14.6 Å². The fourth-order valence-electron chi connectivity index (χ4n) is 1.92. The molecule has 9 heteroatoms. The number of carbonyl (C=O) groups is 1. The highest BCUT2D eigenvalue weighted by molar-refractivity contribution is 9.10. The molecule has 0 bridgehead atoms. The highest BCUT2D eigenvalue weighted by Crippen LogP contribution is 2.26. The Labute approximate surface area is 152 Å². The number of para-hydroxylation sites is 1. The van der Waals surface area contributed by atoms with Gasteiger partial charge in [0, 0.05) is 4.47 Å². The van der Waals surface area contributed by atoms with Crippen LogP contribution in [0.5, 0.6) is 5.75 Å². The van der Waals surface area contributed by atoms with E-state index in [9.17, 15) is 22.0 Å². The van der Waals surface area contributed by atoms with Crippen molar-refractivity contribution >= 4 is 37.4 Å². The third-order valence-electron chi connectivity index (χ3n) is 3.18. The van der Waals surface area contributed by atoms with Crippen molar-refractivity contribution in [3.63, 3.8) is 0 Å². The Morgan fingerprint density at radius 2 is 1.72 bits per heavy atom. The predicted molar refractivity (Wildman–Crippen MR) is 92.5 cm³/mol. The normalized spacial score (nSPS) is 12.7. The lowest BCUT2D eigenvalue weighted by Gasteiger charge is -2.16. The summed E-state index contributed by atoms with van der Waals surface area (Å²) in [7, 11) is -4.84. The second-order valence-electron chi connectivity index (χ2n) is 5.01. The lowest BCUT2D eigenvalue weighted by molar-refractivity contribution is -0.122. The smallest absolute Gasteiger partial charge is 0.341 e. The molecule has 134 valence electrons. The van der Waals surface area contributed by atoms with Gasteiger partial charge in [-0.05, 0) is 43.3 Å². The minimum Gasteiger partial charge on any atom is -0.481 e. The van der Waals surface area contributed by atoms with Crippen molar-refractivity contribution in [3.05, 3.63) is 53.0 Å². The summed E-state index contributed by atoms with van der Waals surface area (Å²) in [4.78, 5) is 11.6. The van der Waals surface area contributed by atoms with Gasteiger partial charge in [-0.1, -0.05) is 28.1 Å². The number of alkyl halides is 2. The molecule has 0 unspecified atom stereocenters. The number of hydrogen-bond acceptors (Lipinski definition) is 4. The van der Waals surface area contributed by atoms with E-state index in [2.05, 4.69) is 21.2 Å². The summed E-state index contributed by atoms with van der Waals surface area (Å²) >= 11 is 3.27. The Kier molecular flexibility index (Phi) is 6.12. The number of amides is 1. The molecule has 2 rings (SSSR count). The Morgan fingerprint density at radius 1 is 1.12 bits per heavy atom. The molecule has 0 aromatic heterocycles. The zero-order valence-corrected chi connectivity index (χ0v) is 15.4. The van der Waals surface area contributed by atoms with Gasteiger partial charge in [-0.15, -0.1) is 0 Å². The first-order valence-electron chi connectivity index (χ1n) is 7.06. The van der Waals surface area contributed by atoms with Gasteiger partial charge in [0.05, 0.1) is 10.6 Å². The second kappa shape index (κ2) is 7.92. The molecule has 25 heavy (non-hydrogen) atoms. The Morgan fingerprint density at radius 3 is 2.32 bits per heavy atom. The maximum atomic E-state index is 12.8. The van der Waals surface area contributed by atoms with Crippen LogP contribution in [0.1, 0.15) is 6.92 Å². The molecule has 0 spiro atoms. The van der Waals surface area contributed by atoms with E-state index in [1.165, 1.54) is 25.1 Å². The summed E-state index contributed by atoms with van der Waals surface area (Å²) in [6.07, 6.45) is -0.969. The molecule has 0 saturated heterocycles. The van der Waals surface area contributed by atoms with Crippen molar-refractivity contribution in [2.75, 3.05) is 5.32 Å². The van der Waals surface area contributed by atoms with Crippen molar-refractivity contribution in [2.24, 2.45) is 0 Å². The zero-order chi connectivity index (χ0) is 18.6. The average Bonchev–Trinajstić information content (AvgIpc) is 2.57. The Balaban J connectivity index is 2.16. The molecule has 1 atom stereocenters. The van der Waals surface area contributed by atoms with E-state index >= 15 is 0 Å². The number of carbonyl (C=O) groups excluding carboxylic acids is 1. The van der Waals surface area contributed by atoms with Crippen molar-refractivity contribution in [3.8, 4) is 5.75 Å².